The Kier molecular flexibility index (Phi) is 3.91. The van der Waals surface area contributed by atoms with Crippen LogP contribution in [0.3, 0.4) is 0 Å². The van der Waals surface area contributed by atoms with Crippen molar-refractivity contribution in [3.05, 3.63) is 51.6 Å². The van der Waals surface area contributed by atoms with Crippen molar-refractivity contribution in [2.45, 2.75) is 4.90 Å². The number of benzene rings is 1. The highest BCUT2D eigenvalue weighted by Gasteiger charge is 2.20. The van der Waals surface area contributed by atoms with Crippen molar-refractivity contribution in [3.8, 4) is 5.75 Å². The highest BCUT2D eigenvalue weighted by molar-refractivity contribution is 7.98. The van der Waals surface area contributed by atoms with Crippen molar-refractivity contribution in [1.82, 2.24) is 4.98 Å². The van der Waals surface area contributed by atoms with E-state index in [2.05, 4.69) is 10.3 Å². The monoisotopic (exact) mass is 332 g/mol. The zero-order valence-corrected chi connectivity index (χ0v) is 13.2. The molecule has 3 N–H and O–H groups in total. The van der Waals surface area contributed by atoms with Gasteiger partial charge in [0.25, 0.3) is 11.5 Å². The molecule has 5 nitrogen and oxygen atoms in total. The molecule has 112 valence electrons. The van der Waals surface area contributed by atoms with Gasteiger partial charge in [-0.1, -0.05) is 6.07 Å². The second-order valence-electron chi connectivity index (χ2n) is 4.53. The van der Waals surface area contributed by atoms with Gasteiger partial charge in [0.05, 0.1) is 10.2 Å². The number of thiophene rings is 1. The third-order valence-electron chi connectivity index (χ3n) is 3.15. The van der Waals surface area contributed by atoms with E-state index in [1.807, 2.05) is 18.4 Å². The molecule has 0 unspecified atom stereocenters. The number of thioether (sulfide) groups is 1. The number of carbonyl (C=O) groups excluding carboxylic acids is 1. The molecular weight excluding hydrogens is 320 g/mol. The van der Waals surface area contributed by atoms with Crippen molar-refractivity contribution >= 4 is 44.9 Å². The van der Waals surface area contributed by atoms with E-state index in [-0.39, 0.29) is 11.3 Å². The standard InChI is InChI=1S/C15H12N2O3S2/c1-21-9-4-2-3-8(7-9)16-14(19)11-12(18)13-10(5-6-22-13)17-15(11)20/h2-7H,1H3,(H,16,19)(H2,17,18,20). The van der Waals surface area contributed by atoms with Crippen molar-refractivity contribution < 1.29 is 9.90 Å². The Morgan fingerprint density at radius 3 is 2.95 bits per heavy atom. The Morgan fingerprint density at radius 1 is 1.36 bits per heavy atom. The number of nitrogens with one attached hydrogen (secondary N) is 2. The Morgan fingerprint density at radius 2 is 2.18 bits per heavy atom. The summed E-state index contributed by atoms with van der Waals surface area (Å²) < 4.78 is 0.489. The largest absolute Gasteiger partial charge is 0.505 e. The first kappa shape index (κ1) is 14.7. The van der Waals surface area contributed by atoms with Crippen LogP contribution in [0.25, 0.3) is 10.2 Å². The van der Waals surface area contributed by atoms with E-state index in [9.17, 15) is 14.7 Å². The lowest BCUT2D eigenvalue weighted by molar-refractivity contribution is 0.102. The van der Waals surface area contributed by atoms with Crippen molar-refractivity contribution in [2.75, 3.05) is 11.6 Å². The van der Waals surface area contributed by atoms with Gasteiger partial charge in [-0.25, -0.2) is 0 Å². The van der Waals surface area contributed by atoms with Gasteiger partial charge < -0.3 is 15.4 Å². The van der Waals surface area contributed by atoms with Gasteiger partial charge >= 0.3 is 0 Å². The summed E-state index contributed by atoms with van der Waals surface area (Å²) in [5.41, 5.74) is 0.210. The van der Waals surface area contributed by atoms with Crippen LogP contribution in [0.2, 0.25) is 0 Å². The molecule has 0 aliphatic rings. The summed E-state index contributed by atoms with van der Waals surface area (Å²) in [7, 11) is 0. The molecule has 7 heteroatoms. The van der Waals surface area contributed by atoms with Crippen LogP contribution in [0.4, 0.5) is 5.69 Å². The number of carbonyl (C=O) groups is 1. The minimum Gasteiger partial charge on any atom is -0.505 e. The van der Waals surface area contributed by atoms with Gasteiger partial charge in [0, 0.05) is 10.6 Å². The Hall–Kier alpha value is -2.25. The van der Waals surface area contributed by atoms with E-state index in [1.165, 1.54) is 11.3 Å². The van der Waals surface area contributed by atoms with Gasteiger partial charge in [-0.2, -0.15) is 0 Å². The summed E-state index contributed by atoms with van der Waals surface area (Å²) in [6.07, 6.45) is 1.93. The first-order valence-corrected chi connectivity index (χ1v) is 8.48. The molecular formula is C15H12N2O3S2. The number of pyridine rings is 1. The third kappa shape index (κ3) is 2.60. The lowest BCUT2D eigenvalue weighted by Crippen LogP contribution is -2.23. The normalized spacial score (nSPS) is 10.8. The molecule has 2 aromatic heterocycles. The van der Waals surface area contributed by atoms with Crippen LogP contribution in [0, 0.1) is 0 Å². The van der Waals surface area contributed by atoms with E-state index >= 15 is 0 Å². The Labute approximate surface area is 134 Å². The molecule has 3 rings (SSSR count). The first-order chi connectivity index (χ1) is 10.6. The number of hydrogen-bond acceptors (Lipinski definition) is 5. The molecule has 0 bridgehead atoms. The number of H-pyrrole nitrogens is 1. The zero-order valence-electron chi connectivity index (χ0n) is 11.5. The molecule has 0 saturated heterocycles. The van der Waals surface area contributed by atoms with Crippen molar-refractivity contribution in [3.63, 3.8) is 0 Å². The fourth-order valence-corrected chi connectivity index (χ4v) is 3.36. The Balaban J connectivity index is 2.00. The molecule has 0 atom stereocenters. The van der Waals surface area contributed by atoms with E-state index in [0.717, 1.165) is 4.90 Å². The number of rotatable bonds is 3. The van der Waals surface area contributed by atoms with Crippen LogP contribution in [-0.4, -0.2) is 22.3 Å². The molecule has 3 aromatic rings. The summed E-state index contributed by atoms with van der Waals surface area (Å²) in [5.74, 6) is -0.917. The summed E-state index contributed by atoms with van der Waals surface area (Å²) in [4.78, 5) is 27.9. The minimum atomic E-state index is -0.632. The number of aromatic amines is 1. The summed E-state index contributed by atoms with van der Waals surface area (Å²) in [6.45, 7) is 0. The lowest BCUT2D eigenvalue weighted by atomic mass is 10.2. The van der Waals surface area contributed by atoms with Crippen LogP contribution in [0.15, 0.2) is 45.4 Å². The number of hydrogen-bond donors (Lipinski definition) is 3. The average Bonchev–Trinajstić information content (AvgIpc) is 2.96. The molecule has 1 amide bonds. The highest BCUT2D eigenvalue weighted by Crippen LogP contribution is 2.30. The van der Waals surface area contributed by atoms with Gasteiger partial charge in [-0.15, -0.1) is 23.1 Å². The van der Waals surface area contributed by atoms with E-state index < -0.39 is 11.5 Å². The molecule has 1 aromatic carbocycles. The molecule has 0 aliphatic heterocycles. The molecule has 0 aliphatic carbocycles. The SMILES string of the molecule is CSc1cccc(NC(=O)c2c(O)c3sccc3[nH]c2=O)c1. The van der Waals surface area contributed by atoms with Gasteiger partial charge in [0.15, 0.2) is 5.75 Å². The second-order valence-corrected chi connectivity index (χ2v) is 6.32. The van der Waals surface area contributed by atoms with Crippen LogP contribution in [0.1, 0.15) is 10.4 Å². The van der Waals surface area contributed by atoms with Gasteiger partial charge in [-0.05, 0) is 35.9 Å². The van der Waals surface area contributed by atoms with Crippen molar-refractivity contribution in [1.29, 1.82) is 0 Å². The molecule has 22 heavy (non-hydrogen) atoms. The van der Waals surface area contributed by atoms with E-state index in [0.29, 0.717) is 15.9 Å². The van der Waals surface area contributed by atoms with Crippen LogP contribution >= 0.6 is 23.1 Å². The highest BCUT2D eigenvalue weighted by atomic mass is 32.2. The molecule has 0 saturated carbocycles. The first-order valence-electron chi connectivity index (χ1n) is 6.38. The predicted octanol–water partition coefficient (Wildman–Crippen LogP) is 3.27. The maximum Gasteiger partial charge on any atom is 0.265 e. The average molecular weight is 332 g/mol. The van der Waals surface area contributed by atoms with Crippen LogP contribution < -0.4 is 10.9 Å². The quantitative estimate of drug-likeness (QED) is 0.643. The second kappa shape index (κ2) is 5.86. The number of amides is 1. The number of aromatic nitrogens is 1. The van der Waals surface area contributed by atoms with Gasteiger partial charge in [-0.3, -0.25) is 9.59 Å². The van der Waals surface area contributed by atoms with Gasteiger partial charge in [0.2, 0.25) is 0 Å². The Bertz CT molecular complexity index is 915. The fourth-order valence-electron chi connectivity index (χ4n) is 2.10. The molecule has 0 radical (unpaired) electrons. The predicted molar refractivity (Wildman–Crippen MR) is 90.3 cm³/mol. The maximum atomic E-state index is 12.3. The topological polar surface area (TPSA) is 82.2 Å². The smallest absolute Gasteiger partial charge is 0.265 e. The van der Waals surface area contributed by atoms with E-state index in [1.54, 1.807) is 35.3 Å². The lowest BCUT2D eigenvalue weighted by Gasteiger charge is -2.07. The van der Waals surface area contributed by atoms with Crippen molar-refractivity contribution in [2.24, 2.45) is 0 Å². The summed E-state index contributed by atoms with van der Waals surface area (Å²) in [5, 5.41) is 14.6. The summed E-state index contributed by atoms with van der Waals surface area (Å²) >= 11 is 2.81. The molecule has 0 spiro atoms. The third-order valence-corrected chi connectivity index (χ3v) is 4.79. The molecule has 0 fully saturated rings. The van der Waals surface area contributed by atoms with Gasteiger partial charge in [0.1, 0.15) is 5.56 Å². The maximum absolute atomic E-state index is 12.3. The minimum absolute atomic E-state index is 0.274. The number of anilines is 1. The van der Waals surface area contributed by atoms with E-state index in [4.69, 9.17) is 0 Å². The van der Waals surface area contributed by atoms with Crippen LogP contribution in [-0.2, 0) is 0 Å². The molecule has 2 heterocycles. The van der Waals surface area contributed by atoms with Crippen LogP contribution in [0.5, 0.6) is 5.75 Å². The fraction of sp³-hybridized carbons (Fsp3) is 0.0667. The summed E-state index contributed by atoms with van der Waals surface area (Å²) in [6, 6.07) is 8.95. The number of aromatic hydroxyl groups is 1. The number of fused-ring (bicyclic) bond motifs is 1. The zero-order chi connectivity index (χ0) is 15.7.